The van der Waals surface area contributed by atoms with E-state index in [1.54, 1.807) is 4.68 Å². The lowest BCUT2D eigenvalue weighted by Crippen LogP contribution is -2.54. The molecule has 2 aliphatic heterocycles. The van der Waals surface area contributed by atoms with E-state index < -0.39 is 0 Å². The van der Waals surface area contributed by atoms with Crippen LogP contribution < -0.4 is 10.1 Å². The van der Waals surface area contributed by atoms with Crippen molar-refractivity contribution in [2.45, 2.75) is 18.9 Å². The number of rotatable bonds is 4. The number of amides is 2. The third-order valence-corrected chi connectivity index (χ3v) is 5.21. The molecule has 2 aliphatic rings. The zero-order valence-corrected chi connectivity index (χ0v) is 15.1. The van der Waals surface area contributed by atoms with E-state index in [2.05, 4.69) is 15.3 Å². The molecular formula is C19H25N5O2. The van der Waals surface area contributed by atoms with Gasteiger partial charge in [-0.15, -0.1) is 0 Å². The van der Waals surface area contributed by atoms with Gasteiger partial charge >= 0.3 is 6.03 Å². The molecule has 2 saturated heterocycles. The molecule has 1 N–H and O–H groups in total. The summed E-state index contributed by atoms with van der Waals surface area (Å²) in [6.07, 6.45) is 6.23. The number of aromatic nitrogens is 2. The highest BCUT2D eigenvalue weighted by Crippen LogP contribution is 2.23. The maximum Gasteiger partial charge on any atom is 0.320 e. The fourth-order valence-corrected chi connectivity index (χ4v) is 3.80. The van der Waals surface area contributed by atoms with Crippen LogP contribution in [0.1, 0.15) is 12.8 Å². The minimum Gasteiger partial charge on any atom is -0.473 e. The smallest absolute Gasteiger partial charge is 0.320 e. The predicted octanol–water partition coefficient (Wildman–Crippen LogP) is 1.91. The number of hydrogen-bond acceptors (Lipinski definition) is 4. The summed E-state index contributed by atoms with van der Waals surface area (Å²) in [6.45, 7) is 3.93. The second-order valence-electron chi connectivity index (χ2n) is 6.98. The van der Waals surface area contributed by atoms with Crippen LogP contribution in [0.2, 0.25) is 0 Å². The zero-order chi connectivity index (χ0) is 17.9. The highest BCUT2D eigenvalue weighted by atomic mass is 16.5. The van der Waals surface area contributed by atoms with Crippen LogP contribution in [0.3, 0.4) is 0 Å². The molecule has 4 rings (SSSR count). The Morgan fingerprint density at radius 2 is 2.23 bits per heavy atom. The predicted molar refractivity (Wildman–Crippen MR) is 98.8 cm³/mol. The molecule has 2 fully saturated rings. The maximum absolute atomic E-state index is 12.4. The number of aryl methyl sites for hydroxylation is 1. The average Bonchev–Trinajstić information content (AvgIpc) is 3.30. The molecule has 7 heteroatoms. The summed E-state index contributed by atoms with van der Waals surface area (Å²) >= 11 is 0. The van der Waals surface area contributed by atoms with Crippen molar-refractivity contribution in [3.63, 3.8) is 0 Å². The van der Waals surface area contributed by atoms with Crippen LogP contribution >= 0.6 is 0 Å². The molecule has 1 aromatic carbocycles. The van der Waals surface area contributed by atoms with Crippen molar-refractivity contribution in [1.82, 2.24) is 24.9 Å². The number of urea groups is 1. The molecule has 3 heterocycles. The number of benzene rings is 1. The quantitative estimate of drug-likeness (QED) is 0.851. The van der Waals surface area contributed by atoms with Gasteiger partial charge in [-0.2, -0.15) is 5.10 Å². The maximum atomic E-state index is 12.4. The van der Waals surface area contributed by atoms with Crippen molar-refractivity contribution in [2.24, 2.45) is 7.05 Å². The molecule has 0 bridgehead atoms. The van der Waals surface area contributed by atoms with Gasteiger partial charge in [0.2, 0.25) is 0 Å². The van der Waals surface area contributed by atoms with Gasteiger partial charge in [0.25, 0.3) is 0 Å². The third kappa shape index (κ3) is 3.67. The summed E-state index contributed by atoms with van der Waals surface area (Å²) in [5, 5.41) is 7.07. The Bertz CT molecular complexity index is 775. The molecule has 138 valence electrons. The summed E-state index contributed by atoms with van der Waals surface area (Å²) in [4.78, 5) is 16.8. The van der Waals surface area contributed by atoms with Crippen LogP contribution in [-0.2, 0) is 7.05 Å². The summed E-state index contributed by atoms with van der Waals surface area (Å²) < 4.78 is 7.50. The van der Waals surface area contributed by atoms with Crippen molar-refractivity contribution in [1.29, 1.82) is 0 Å². The summed E-state index contributed by atoms with van der Waals surface area (Å²) in [6, 6.07) is 8.30. The van der Waals surface area contributed by atoms with E-state index in [0.29, 0.717) is 6.04 Å². The first-order valence-corrected chi connectivity index (χ1v) is 9.18. The van der Waals surface area contributed by atoms with Gasteiger partial charge in [0.1, 0.15) is 5.75 Å². The lowest BCUT2D eigenvalue weighted by atomic mass is 10.1. The average molecular weight is 355 g/mol. The van der Waals surface area contributed by atoms with Gasteiger partial charge in [-0.3, -0.25) is 9.58 Å². The van der Waals surface area contributed by atoms with Gasteiger partial charge in [-0.1, -0.05) is 12.1 Å². The molecule has 7 nitrogen and oxygen atoms in total. The minimum atomic E-state index is -0.0417. The third-order valence-electron chi connectivity index (χ3n) is 5.21. The minimum absolute atomic E-state index is 0.0417. The van der Waals surface area contributed by atoms with Crippen LogP contribution in [0.5, 0.6) is 5.75 Å². The highest BCUT2D eigenvalue weighted by molar-refractivity contribution is 5.74. The fraction of sp³-hybridized carbons (Fsp3) is 0.474. The standard InChI is InChI=1S/C19H25N5O2/c1-22-12-16(11-21-22)15-4-2-6-18(10-15)26-14-20-19(25)24-9-8-23-7-3-5-17(23)13-24/h2,4,6,10-12,17H,3,5,7-9,13-14H2,1H3,(H,20,25). The molecule has 26 heavy (non-hydrogen) atoms. The SMILES string of the molecule is Cn1cc(-c2cccc(OCNC(=O)N3CCN4CCCC4C3)c2)cn1. The normalized spacial score (nSPS) is 20.0. The highest BCUT2D eigenvalue weighted by Gasteiger charge is 2.32. The number of ether oxygens (including phenoxy) is 1. The number of nitrogens with zero attached hydrogens (tertiary/aromatic N) is 4. The van der Waals surface area contributed by atoms with E-state index in [1.165, 1.54) is 19.4 Å². The first-order valence-electron chi connectivity index (χ1n) is 9.18. The summed E-state index contributed by atoms with van der Waals surface area (Å²) in [7, 11) is 1.89. The lowest BCUT2D eigenvalue weighted by Gasteiger charge is -2.37. The van der Waals surface area contributed by atoms with Crippen molar-refractivity contribution in [2.75, 3.05) is 32.9 Å². The van der Waals surface area contributed by atoms with Gasteiger partial charge in [-0.25, -0.2) is 4.79 Å². The van der Waals surface area contributed by atoms with Crippen molar-refractivity contribution < 1.29 is 9.53 Å². The van der Waals surface area contributed by atoms with Crippen LogP contribution in [0, 0.1) is 0 Å². The molecule has 1 unspecified atom stereocenters. The Hall–Kier alpha value is -2.54. The Kier molecular flexibility index (Phi) is 4.79. The van der Waals surface area contributed by atoms with E-state index in [9.17, 15) is 4.79 Å². The van der Waals surface area contributed by atoms with Crippen LogP contribution in [0.15, 0.2) is 36.7 Å². The topological polar surface area (TPSA) is 62.6 Å². The van der Waals surface area contributed by atoms with Gasteiger partial charge in [-0.05, 0) is 37.1 Å². The molecule has 0 spiro atoms. The fourth-order valence-electron chi connectivity index (χ4n) is 3.80. The van der Waals surface area contributed by atoms with Crippen molar-refractivity contribution in [3.8, 4) is 16.9 Å². The Morgan fingerprint density at radius 3 is 3.08 bits per heavy atom. The van der Waals surface area contributed by atoms with E-state index in [1.807, 2.05) is 48.6 Å². The van der Waals surface area contributed by atoms with Crippen molar-refractivity contribution >= 4 is 6.03 Å². The molecule has 0 saturated carbocycles. The van der Waals surface area contributed by atoms with Crippen LogP contribution in [0.4, 0.5) is 4.79 Å². The van der Waals surface area contributed by atoms with E-state index in [-0.39, 0.29) is 12.8 Å². The molecule has 0 aliphatic carbocycles. The number of carbonyl (C=O) groups excluding carboxylic acids is 1. The summed E-state index contributed by atoms with van der Waals surface area (Å²) in [5.74, 6) is 0.729. The molecular weight excluding hydrogens is 330 g/mol. The molecule has 2 amide bonds. The summed E-state index contributed by atoms with van der Waals surface area (Å²) in [5.41, 5.74) is 2.08. The van der Waals surface area contributed by atoms with Gasteiger partial charge in [0.05, 0.1) is 6.20 Å². The van der Waals surface area contributed by atoms with Gasteiger partial charge < -0.3 is 15.0 Å². The van der Waals surface area contributed by atoms with Crippen molar-refractivity contribution in [3.05, 3.63) is 36.7 Å². The lowest BCUT2D eigenvalue weighted by molar-refractivity contribution is 0.113. The molecule has 0 radical (unpaired) electrons. The Balaban J connectivity index is 1.28. The number of piperazine rings is 1. The monoisotopic (exact) mass is 355 g/mol. The van der Waals surface area contributed by atoms with Crippen LogP contribution in [0.25, 0.3) is 11.1 Å². The second-order valence-corrected chi connectivity index (χ2v) is 6.98. The van der Waals surface area contributed by atoms with Gasteiger partial charge in [0, 0.05) is 44.5 Å². The van der Waals surface area contributed by atoms with E-state index >= 15 is 0 Å². The molecule has 1 atom stereocenters. The van der Waals surface area contributed by atoms with E-state index in [4.69, 9.17) is 4.74 Å². The molecule has 1 aromatic heterocycles. The number of fused-ring (bicyclic) bond motifs is 1. The second kappa shape index (κ2) is 7.37. The van der Waals surface area contributed by atoms with Gasteiger partial charge in [0.15, 0.2) is 6.73 Å². The number of carbonyl (C=O) groups is 1. The first kappa shape index (κ1) is 16.9. The largest absolute Gasteiger partial charge is 0.473 e. The Morgan fingerprint density at radius 1 is 1.31 bits per heavy atom. The van der Waals surface area contributed by atoms with Crippen LogP contribution in [-0.4, -0.2) is 64.6 Å². The number of nitrogens with one attached hydrogen (secondary N) is 1. The zero-order valence-electron chi connectivity index (χ0n) is 15.1. The van der Waals surface area contributed by atoms with E-state index in [0.717, 1.165) is 36.5 Å². The number of hydrogen-bond donors (Lipinski definition) is 1. The first-order chi connectivity index (χ1) is 12.7. The molecule has 2 aromatic rings. The Labute approximate surface area is 153 Å².